The highest BCUT2D eigenvalue weighted by Gasteiger charge is 1.87. The van der Waals surface area contributed by atoms with Crippen molar-refractivity contribution in [1.82, 2.24) is 4.98 Å². The molecule has 1 rings (SSSR count). The third-order valence-corrected chi connectivity index (χ3v) is 1.53. The Bertz CT molecular complexity index is 229. The standard InChI is InChI=1S/C9H10BrN/c1-8(10)5-6-9-4-2-3-7-11-9/h2-8H,1H3/b6-5+. The molecule has 1 unspecified atom stereocenters. The first-order chi connectivity index (χ1) is 5.29. The van der Waals surface area contributed by atoms with Crippen LogP contribution in [0.4, 0.5) is 0 Å². The van der Waals surface area contributed by atoms with Gasteiger partial charge in [-0.1, -0.05) is 28.1 Å². The summed E-state index contributed by atoms with van der Waals surface area (Å²) in [4.78, 5) is 4.55. The summed E-state index contributed by atoms with van der Waals surface area (Å²) in [6.07, 6.45) is 5.85. The average Bonchev–Trinajstić information content (AvgIpc) is 2.03. The summed E-state index contributed by atoms with van der Waals surface area (Å²) < 4.78 is 0. The second-order valence-electron chi connectivity index (χ2n) is 2.29. The fraction of sp³-hybridized carbons (Fsp3) is 0.222. The summed E-state index contributed by atoms with van der Waals surface area (Å²) in [6, 6.07) is 5.87. The first-order valence-corrected chi connectivity index (χ1v) is 4.44. The molecule has 0 aliphatic carbocycles. The molecule has 0 aromatic carbocycles. The van der Waals surface area contributed by atoms with Gasteiger partial charge in [0.05, 0.1) is 5.69 Å². The van der Waals surface area contributed by atoms with Crippen LogP contribution in [0.2, 0.25) is 0 Å². The van der Waals surface area contributed by atoms with Gasteiger partial charge in [-0.3, -0.25) is 4.98 Å². The van der Waals surface area contributed by atoms with E-state index in [1.54, 1.807) is 6.20 Å². The highest BCUT2D eigenvalue weighted by Crippen LogP contribution is 2.03. The van der Waals surface area contributed by atoms with E-state index in [-0.39, 0.29) is 0 Å². The lowest BCUT2D eigenvalue weighted by Crippen LogP contribution is -1.81. The maximum atomic E-state index is 4.14. The van der Waals surface area contributed by atoms with E-state index in [4.69, 9.17) is 0 Å². The molecule has 1 aromatic heterocycles. The van der Waals surface area contributed by atoms with Gasteiger partial charge in [0.15, 0.2) is 0 Å². The van der Waals surface area contributed by atoms with Crippen LogP contribution >= 0.6 is 15.9 Å². The van der Waals surface area contributed by atoms with Crippen molar-refractivity contribution in [2.75, 3.05) is 0 Å². The van der Waals surface area contributed by atoms with E-state index in [0.717, 1.165) is 5.69 Å². The van der Waals surface area contributed by atoms with Crippen LogP contribution in [0.15, 0.2) is 30.5 Å². The first-order valence-electron chi connectivity index (χ1n) is 3.52. The lowest BCUT2D eigenvalue weighted by atomic mass is 10.3. The molecule has 0 saturated carbocycles. The minimum absolute atomic E-state index is 0.407. The summed E-state index contributed by atoms with van der Waals surface area (Å²) in [6.45, 7) is 2.07. The number of rotatable bonds is 2. The van der Waals surface area contributed by atoms with Crippen LogP contribution in [-0.4, -0.2) is 9.81 Å². The van der Waals surface area contributed by atoms with E-state index >= 15 is 0 Å². The van der Waals surface area contributed by atoms with Crippen molar-refractivity contribution in [3.63, 3.8) is 0 Å². The predicted molar refractivity (Wildman–Crippen MR) is 51.7 cm³/mol. The molecule has 0 N–H and O–H groups in total. The average molecular weight is 212 g/mol. The van der Waals surface area contributed by atoms with Crippen LogP contribution in [0.1, 0.15) is 12.6 Å². The van der Waals surface area contributed by atoms with Crippen molar-refractivity contribution in [3.05, 3.63) is 36.2 Å². The quantitative estimate of drug-likeness (QED) is 0.687. The van der Waals surface area contributed by atoms with Gasteiger partial charge >= 0.3 is 0 Å². The molecule has 0 radical (unpaired) electrons. The van der Waals surface area contributed by atoms with Crippen molar-refractivity contribution in [3.8, 4) is 0 Å². The Morgan fingerprint density at radius 3 is 2.91 bits per heavy atom. The summed E-state index contributed by atoms with van der Waals surface area (Å²) >= 11 is 3.42. The van der Waals surface area contributed by atoms with Crippen molar-refractivity contribution < 1.29 is 0 Å². The van der Waals surface area contributed by atoms with Gasteiger partial charge in [-0.15, -0.1) is 0 Å². The molecule has 11 heavy (non-hydrogen) atoms. The van der Waals surface area contributed by atoms with Crippen LogP contribution < -0.4 is 0 Å². The largest absolute Gasteiger partial charge is 0.257 e. The van der Waals surface area contributed by atoms with Gasteiger partial charge in [0, 0.05) is 11.0 Å². The zero-order chi connectivity index (χ0) is 8.10. The Morgan fingerprint density at radius 1 is 1.55 bits per heavy atom. The molecule has 2 heteroatoms. The van der Waals surface area contributed by atoms with Crippen LogP contribution in [0.25, 0.3) is 6.08 Å². The van der Waals surface area contributed by atoms with Crippen molar-refractivity contribution in [2.24, 2.45) is 0 Å². The lowest BCUT2D eigenvalue weighted by molar-refractivity contribution is 1.26. The van der Waals surface area contributed by atoms with Crippen LogP contribution in [0.5, 0.6) is 0 Å². The third kappa shape index (κ3) is 3.33. The Morgan fingerprint density at radius 2 is 2.36 bits per heavy atom. The van der Waals surface area contributed by atoms with Crippen LogP contribution in [0, 0.1) is 0 Å². The number of hydrogen-bond acceptors (Lipinski definition) is 1. The van der Waals surface area contributed by atoms with Crippen molar-refractivity contribution in [2.45, 2.75) is 11.8 Å². The monoisotopic (exact) mass is 211 g/mol. The molecule has 0 bridgehead atoms. The molecule has 1 heterocycles. The Labute approximate surface area is 75.3 Å². The molecule has 0 spiro atoms. The number of allylic oxidation sites excluding steroid dienone is 1. The van der Waals surface area contributed by atoms with Crippen molar-refractivity contribution in [1.29, 1.82) is 0 Å². The molecule has 0 saturated heterocycles. The van der Waals surface area contributed by atoms with E-state index < -0.39 is 0 Å². The molecule has 0 fully saturated rings. The number of halogens is 1. The van der Waals surface area contributed by atoms with E-state index in [2.05, 4.69) is 33.9 Å². The maximum absolute atomic E-state index is 4.14. The number of alkyl halides is 1. The number of pyridine rings is 1. The highest BCUT2D eigenvalue weighted by atomic mass is 79.9. The molecule has 1 atom stereocenters. The Kier molecular flexibility index (Phi) is 3.30. The summed E-state index contributed by atoms with van der Waals surface area (Å²) in [5, 5.41) is 0. The molecular weight excluding hydrogens is 202 g/mol. The molecule has 1 aromatic rings. The fourth-order valence-electron chi connectivity index (χ4n) is 0.706. The smallest absolute Gasteiger partial charge is 0.0626 e. The molecule has 58 valence electrons. The van der Waals surface area contributed by atoms with E-state index in [9.17, 15) is 0 Å². The molecular formula is C9H10BrN. The van der Waals surface area contributed by atoms with E-state index in [1.165, 1.54) is 0 Å². The zero-order valence-electron chi connectivity index (χ0n) is 6.37. The highest BCUT2D eigenvalue weighted by molar-refractivity contribution is 9.09. The topological polar surface area (TPSA) is 12.9 Å². The maximum Gasteiger partial charge on any atom is 0.0626 e. The van der Waals surface area contributed by atoms with E-state index in [0.29, 0.717) is 4.83 Å². The van der Waals surface area contributed by atoms with Gasteiger partial charge in [0.2, 0.25) is 0 Å². The molecule has 1 nitrogen and oxygen atoms in total. The first kappa shape index (κ1) is 8.47. The Hall–Kier alpha value is -0.630. The molecule has 0 amide bonds. The number of hydrogen-bond donors (Lipinski definition) is 0. The SMILES string of the molecule is CC(Br)/C=C/c1ccccn1. The second-order valence-corrected chi connectivity index (χ2v) is 3.74. The van der Waals surface area contributed by atoms with Gasteiger partial charge in [-0.2, -0.15) is 0 Å². The minimum Gasteiger partial charge on any atom is -0.257 e. The van der Waals surface area contributed by atoms with E-state index in [1.807, 2.05) is 24.3 Å². The minimum atomic E-state index is 0.407. The van der Waals surface area contributed by atoms with Crippen molar-refractivity contribution >= 4 is 22.0 Å². The van der Waals surface area contributed by atoms with Crippen LogP contribution in [0.3, 0.4) is 0 Å². The number of aromatic nitrogens is 1. The summed E-state index contributed by atoms with van der Waals surface area (Å²) in [5.41, 5.74) is 0.999. The molecule has 0 aliphatic rings. The predicted octanol–water partition coefficient (Wildman–Crippen LogP) is 2.88. The number of nitrogens with zero attached hydrogens (tertiary/aromatic N) is 1. The summed E-state index contributed by atoms with van der Waals surface area (Å²) in [7, 11) is 0. The van der Waals surface area contributed by atoms with Gasteiger partial charge in [0.25, 0.3) is 0 Å². The third-order valence-electron chi connectivity index (χ3n) is 1.22. The lowest BCUT2D eigenvalue weighted by Gasteiger charge is -1.91. The van der Waals surface area contributed by atoms with Gasteiger partial charge in [-0.05, 0) is 25.1 Å². The summed E-state index contributed by atoms with van der Waals surface area (Å²) in [5.74, 6) is 0. The van der Waals surface area contributed by atoms with Gasteiger partial charge < -0.3 is 0 Å². The van der Waals surface area contributed by atoms with Crippen LogP contribution in [-0.2, 0) is 0 Å². The van der Waals surface area contributed by atoms with Gasteiger partial charge in [-0.25, -0.2) is 0 Å². The second kappa shape index (κ2) is 4.29. The normalized spacial score (nSPS) is 13.6. The molecule has 0 aliphatic heterocycles. The fourth-order valence-corrected chi connectivity index (χ4v) is 0.858. The van der Waals surface area contributed by atoms with Gasteiger partial charge in [0.1, 0.15) is 0 Å². The zero-order valence-corrected chi connectivity index (χ0v) is 7.95. The Balaban J connectivity index is 2.65.